The minimum absolute atomic E-state index is 0.0237. The van der Waals surface area contributed by atoms with E-state index in [-0.39, 0.29) is 11.2 Å². The molecule has 3 N–H and O–H groups in total. The number of pyridine rings is 1. The van der Waals surface area contributed by atoms with Gasteiger partial charge in [-0.15, -0.1) is 0 Å². The predicted molar refractivity (Wildman–Crippen MR) is 140 cm³/mol. The fourth-order valence-corrected chi connectivity index (χ4v) is 4.74. The number of rotatable bonds is 4. The molecule has 0 saturated heterocycles. The van der Waals surface area contributed by atoms with E-state index in [9.17, 15) is 18.7 Å². The lowest BCUT2D eigenvalue weighted by molar-refractivity contribution is 0.432. The van der Waals surface area contributed by atoms with Crippen LogP contribution in [0.4, 0.5) is 14.6 Å². The molecule has 1 atom stereocenters. The van der Waals surface area contributed by atoms with Crippen LogP contribution in [0.3, 0.4) is 0 Å². The van der Waals surface area contributed by atoms with Crippen molar-refractivity contribution in [2.75, 3.05) is 5.73 Å². The van der Waals surface area contributed by atoms with E-state index in [0.29, 0.717) is 39.1 Å². The van der Waals surface area contributed by atoms with Crippen molar-refractivity contribution in [2.45, 2.75) is 13.0 Å². The smallest absolute Gasteiger partial charge is 0.266 e. The molecular weight excluding hydrogens is 490 g/mol. The Kier molecular flexibility index (Phi) is 5.37. The lowest BCUT2D eigenvalue weighted by Crippen LogP contribution is -2.26. The minimum atomic E-state index is -0.817. The van der Waals surface area contributed by atoms with Crippen molar-refractivity contribution >= 4 is 27.6 Å². The number of nitrogens with two attached hydrogens (primary N) is 1. The van der Waals surface area contributed by atoms with E-state index in [1.807, 2.05) is 13.0 Å². The highest BCUT2D eigenvalue weighted by Gasteiger charge is 2.25. The second-order valence-electron chi connectivity index (χ2n) is 8.84. The molecule has 0 aliphatic carbocycles. The fourth-order valence-electron chi connectivity index (χ4n) is 4.74. The van der Waals surface area contributed by atoms with E-state index < -0.39 is 29.0 Å². The Balaban J connectivity index is 1.65. The van der Waals surface area contributed by atoms with Crippen molar-refractivity contribution in [1.29, 1.82) is 0 Å². The van der Waals surface area contributed by atoms with E-state index in [1.54, 1.807) is 47.1 Å². The molecule has 0 aliphatic rings. The van der Waals surface area contributed by atoms with Crippen LogP contribution in [0.5, 0.6) is 5.75 Å². The van der Waals surface area contributed by atoms with Gasteiger partial charge < -0.3 is 10.8 Å². The summed E-state index contributed by atoms with van der Waals surface area (Å²) >= 11 is 0. The minimum Gasteiger partial charge on any atom is -0.505 e. The van der Waals surface area contributed by atoms with Crippen LogP contribution in [0.15, 0.2) is 83.9 Å². The highest BCUT2D eigenvalue weighted by Crippen LogP contribution is 2.35. The molecule has 0 saturated carbocycles. The van der Waals surface area contributed by atoms with E-state index >= 15 is 0 Å². The lowest BCUT2D eigenvalue weighted by atomic mass is 10.1. The molecule has 0 fully saturated rings. The summed E-state index contributed by atoms with van der Waals surface area (Å²) in [6.07, 6.45) is 1.30. The van der Waals surface area contributed by atoms with Gasteiger partial charge >= 0.3 is 0 Å². The lowest BCUT2D eigenvalue weighted by Gasteiger charge is -2.21. The molecule has 3 aromatic heterocycles. The van der Waals surface area contributed by atoms with Gasteiger partial charge in [-0.25, -0.2) is 23.4 Å². The second-order valence-corrected chi connectivity index (χ2v) is 8.84. The SMILES string of the molecule is C[C@H](c1cc2cccc(F)c2c(=O)n1-c1ccccc1)n1nc(-c2ccc(O)c(F)c2)c2c(N)ncnc21. The highest BCUT2D eigenvalue weighted by atomic mass is 19.1. The Labute approximate surface area is 214 Å². The van der Waals surface area contributed by atoms with Gasteiger partial charge in [0.15, 0.2) is 17.2 Å². The third kappa shape index (κ3) is 3.57. The molecule has 3 heterocycles. The van der Waals surface area contributed by atoms with Gasteiger partial charge in [-0.05, 0) is 54.8 Å². The fraction of sp³-hybridized carbons (Fsp3) is 0.0714. The number of aromatic nitrogens is 5. The first-order valence-electron chi connectivity index (χ1n) is 11.7. The Hall–Kier alpha value is -5.12. The molecule has 0 amide bonds. The average molecular weight is 511 g/mol. The number of phenolic OH excluding ortho intramolecular Hbond substituents is 1. The molecule has 0 bridgehead atoms. The molecule has 0 aliphatic heterocycles. The highest BCUT2D eigenvalue weighted by molar-refractivity contribution is 5.98. The van der Waals surface area contributed by atoms with Crippen LogP contribution < -0.4 is 11.3 Å². The summed E-state index contributed by atoms with van der Waals surface area (Å²) in [7, 11) is 0. The topological polar surface area (TPSA) is 112 Å². The molecular formula is C28H20F2N6O2. The summed E-state index contributed by atoms with van der Waals surface area (Å²) in [4.78, 5) is 22.2. The molecule has 6 rings (SSSR count). The number of anilines is 1. The number of nitrogens with zero attached hydrogens (tertiary/aromatic N) is 5. The first-order valence-corrected chi connectivity index (χ1v) is 11.7. The van der Waals surface area contributed by atoms with Crippen LogP contribution in [0.1, 0.15) is 18.7 Å². The van der Waals surface area contributed by atoms with Crippen molar-refractivity contribution in [3.05, 3.63) is 107 Å². The molecule has 38 heavy (non-hydrogen) atoms. The van der Waals surface area contributed by atoms with Crippen molar-refractivity contribution in [2.24, 2.45) is 0 Å². The van der Waals surface area contributed by atoms with Gasteiger partial charge in [-0.2, -0.15) is 5.10 Å². The number of phenols is 1. The van der Waals surface area contributed by atoms with E-state index in [2.05, 4.69) is 9.97 Å². The van der Waals surface area contributed by atoms with Crippen molar-refractivity contribution < 1.29 is 13.9 Å². The summed E-state index contributed by atoms with van der Waals surface area (Å²) < 4.78 is 32.1. The van der Waals surface area contributed by atoms with Crippen LogP contribution in [0.2, 0.25) is 0 Å². The number of nitrogen functional groups attached to an aromatic ring is 1. The first kappa shape index (κ1) is 23.3. The van der Waals surface area contributed by atoms with Gasteiger partial charge in [0, 0.05) is 11.3 Å². The maximum absolute atomic E-state index is 14.8. The quantitative estimate of drug-likeness (QED) is 0.346. The van der Waals surface area contributed by atoms with Crippen LogP contribution in [0, 0.1) is 11.6 Å². The number of halogens is 2. The van der Waals surface area contributed by atoms with Gasteiger partial charge in [0.1, 0.15) is 23.7 Å². The average Bonchev–Trinajstić information content (AvgIpc) is 3.31. The third-order valence-corrected chi connectivity index (χ3v) is 6.57. The zero-order valence-corrected chi connectivity index (χ0v) is 20.0. The van der Waals surface area contributed by atoms with Crippen molar-refractivity contribution in [1.82, 2.24) is 24.3 Å². The maximum atomic E-state index is 14.8. The Morgan fingerprint density at radius 3 is 2.47 bits per heavy atom. The largest absolute Gasteiger partial charge is 0.505 e. The van der Waals surface area contributed by atoms with Crippen LogP contribution in [0.25, 0.3) is 38.8 Å². The van der Waals surface area contributed by atoms with E-state index in [4.69, 9.17) is 10.8 Å². The molecule has 6 aromatic rings. The molecule has 3 aromatic carbocycles. The summed E-state index contributed by atoms with van der Waals surface area (Å²) in [6.45, 7) is 1.82. The van der Waals surface area contributed by atoms with Gasteiger partial charge in [0.25, 0.3) is 5.56 Å². The normalized spacial score (nSPS) is 12.3. The van der Waals surface area contributed by atoms with Gasteiger partial charge in [-0.3, -0.25) is 9.36 Å². The summed E-state index contributed by atoms with van der Waals surface area (Å²) in [6, 6.07) is 18.4. The summed E-state index contributed by atoms with van der Waals surface area (Å²) in [5, 5.41) is 15.2. The Morgan fingerprint density at radius 2 is 1.71 bits per heavy atom. The standard InChI is InChI=1S/C28H20F2N6O2/c1-15(21-13-16-6-5-9-19(29)23(16)28(38)35(21)18-7-3-2-4-8-18)36-27-24(26(31)32-14-33-27)25(34-36)17-10-11-22(37)20(30)12-17/h2-15,37H,1H3,(H2,31,32,33)/t15-/m1/s1. The number of hydrogen-bond acceptors (Lipinski definition) is 6. The van der Waals surface area contributed by atoms with Crippen molar-refractivity contribution in [3.63, 3.8) is 0 Å². The van der Waals surface area contributed by atoms with E-state index in [1.165, 1.54) is 29.1 Å². The number of hydrogen-bond donors (Lipinski definition) is 2. The van der Waals surface area contributed by atoms with Gasteiger partial charge in [-0.1, -0.05) is 30.3 Å². The molecule has 0 unspecified atom stereocenters. The number of aromatic hydroxyl groups is 1. The first-order chi connectivity index (χ1) is 18.3. The van der Waals surface area contributed by atoms with Gasteiger partial charge in [0.05, 0.1) is 22.5 Å². The van der Waals surface area contributed by atoms with Crippen LogP contribution >= 0.6 is 0 Å². The monoisotopic (exact) mass is 510 g/mol. The molecule has 0 radical (unpaired) electrons. The zero-order chi connectivity index (χ0) is 26.6. The summed E-state index contributed by atoms with van der Waals surface area (Å²) in [5.74, 6) is -1.79. The van der Waals surface area contributed by atoms with Crippen molar-refractivity contribution in [3.8, 4) is 22.7 Å². The molecule has 0 spiro atoms. The van der Waals surface area contributed by atoms with E-state index in [0.717, 1.165) is 6.07 Å². The zero-order valence-electron chi connectivity index (χ0n) is 20.0. The molecule has 188 valence electrons. The number of fused-ring (bicyclic) bond motifs is 2. The number of para-hydroxylation sites is 1. The second kappa shape index (κ2) is 8.77. The third-order valence-electron chi connectivity index (χ3n) is 6.57. The van der Waals surface area contributed by atoms with Gasteiger partial charge in [0.2, 0.25) is 0 Å². The maximum Gasteiger partial charge on any atom is 0.266 e. The predicted octanol–water partition coefficient (Wildman–Crippen LogP) is 4.97. The summed E-state index contributed by atoms with van der Waals surface area (Å²) in [5.41, 5.74) is 7.79. The Morgan fingerprint density at radius 1 is 0.921 bits per heavy atom. The molecule has 8 nitrogen and oxygen atoms in total. The van der Waals surface area contributed by atoms with Crippen LogP contribution in [-0.4, -0.2) is 29.4 Å². The van der Waals surface area contributed by atoms with Crippen LogP contribution in [-0.2, 0) is 0 Å². The molecule has 10 heteroatoms. The Bertz CT molecular complexity index is 1920. The number of benzene rings is 3.